The van der Waals surface area contributed by atoms with E-state index in [9.17, 15) is 9.18 Å². The normalized spacial score (nSPS) is 21.5. The molecule has 2 aliphatic heterocycles. The number of rotatable bonds is 3. The number of nitrogens with two attached hydrogens (primary N) is 1. The molecule has 1 amide bonds. The van der Waals surface area contributed by atoms with Crippen molar-refractivity contribution < 1.29 is 9.18 Å². The minimum atomic E-state index is -0.604. The van der Waals surface area contributed by atoms with Crippen molar-refractivity contribution >= 4 is 29.0 Å². The molecule has 32 heavy (non-hydrogen) atoms. The first kappa shape index (κ1) is 21.2. The highest BCUT2D eigenvalue weighted by Crippen LogP contribution is 2.34. The van der Waals surface area contributed by atoms with E-state index in [1.54, 1.807) is 15.5 Å². The summed E-state index contributed by atoms with van der Waals surface area (Å²) in [6, 6.07) is 6.15. The third-order valence-corrected chi connectivity index (χ3v) is 6.74. The van der Waals surface area contributed by atoms with Crippen LogP contribution in [0.15, 0.2) is 30.5 Å². The summed E-state index contributed by atoms with van der Waals surface area (Å²) >= 11 is 6.18. The van der Waals surface area contributed by atoms with Gasteiger partial charge < -0.3 is 15.5 Å². The molecular formula is C23H26ClFN6O. The van der Waals surface area contributed by atoms with Gasteiger partial charge in [0.25, 0.3) is 5.91 Å². The molecular weight excluding hydrogens is 431 g/mol. The molecule has 1 aromatic carbocycles. The molecule has 2 saturated heterocycles. The molecule has 0 aliphatic carbocycles. The molecule has 2 aliphatic rings. The third kappa shape index (κ3) is 3.71. The minimum absolute atomic E-state index is 0.0774. The molecule has 2 fully saturated rings. The van der Waals surface area contributed by atoms with Crippen LogP contribution in [0.2, 0.25) is 5.02 Å². The van der Waals surface area contributed by atoms with Crippen LogP contribution in [0.3, 0.4) is 0 Å². The Morgan fingerprint density at radius 2 is 2.09 bits per heavy atom. The van der Waals surface area contributed by atoms with Crippen LogP contribution < -0.4 is 10.6 Å². The molecule has 7 nitrogen and oxygen atoms in total. The van der Waals surface area contributed by atoms with E-state index in [2.05, 4.69) is 4.90 Å². The first-order valence-corrected chi connectivity index (χ1v) is 11.4. The van der Waals surface area contributed by atoms with Crippen molar-refractivity contribution in [1.82, 2.24) is 19.5 Å². The van der Waals surface area contributed by atoms with Gasteiger partial charge in [-0.05, 0) is 44.7 Å². The molecule has 0 spiro atoms. The number of benzene rings is 1. The van der Waals surface area contributed by atoms with E-state index < -0.39 is 11.7 Å². The van der Waals surface area contributed by atoms with E-state index in [1.165, 1.54) is 12.1 Å². The number of fused-ring (bicyclic) bond motifs is 1. The Kier molecular flexibility index (Phi) is 5.51. The number of carbonyl (C=O) groups is 1. The Morgan fingerprint density at radius 3 is 2.84 bits per heavy atom. The van der Waals surface area contributed by atoms with Crippen LogP contribution in [-0.4, -0.2) is 51.1 Å². The van der Waals surface area contributed by atoms with E-state index in [0.29, 0.717) is 6.54 Å². The Hall–Kier alpha value is -2.71. The number of amides is 1. The SMILES string of the molecule is Cc1cn2nc(C3CCCCN3C(=O)c3c(F)cccc3Cl)cc2nc1N1CCC(N)C1. The predicted octanol–water partition coefficient (Wildman–Crippen LogP) is 3.74. The molecule has 2 atom stereocenters. The van der Waals surface area contributed by atoms with Gasteiger partial charge in [0.05, 0.1) is 22.3 Å². The highest BCUT2D eigenvalue weighted by atomic mass is 35.5. The van der Waals surface area contributed by atoms with Crippen molar-refractivity contribution in [3.05, 3.63) is 58.1 Å². The molecule has 2 unspecified atom stereocenters. The van der Waals surface area contributed by atoms with Crippen molar-refractivity contribution in [2.24, 2.45) is 5.73 Å². The van der Waals surface area contributed by atoms with Crippen LogP contribution in [0.5, 0.6) is 0 Å². The first-order valence-electron chi connectivity index (χ1n) is 11.0. The van der Waals surface area contributed by atoms with Crippen molar-refractivity contribution in [1.29, 1.82) is 0 Å². The zero-order valence-corrected chi connectivity index (χ0v) is 18.7. The van der Waals surface area contributed by atoms with Gasteiger partial charge in [-0.25, -0.2) is 13.9 Å². The lowest BCUT2D eigenvalue weighted by Crippen LogP contribution is -2.39. The summed E-state index contributed by atoms with van der Waals surface area (Å²) in [5, 5.41) is 4.87. The lowest BCUT2D eigenvalue weighted by Gasteiger charge is -2.35. The van der Waals surface area contributed by atoms with E-state index >= 15 is 0 Å². The van der Waals surface area contributed by atoms with Gasteiger partial charge in [-0.1, -0.05) is 17.7 Å². The molecule has 4 heterocycles. The van der Waals surface area contributed by atoms with Crippen molar-refractivity contribution in [3.63, 3.8) is 0 Å². The molecule has 0 saturated carbocycles. The summed E-state index contributed by atoms with van der Waals surface area (Å²) in [6.07, 6.45) is 5.51. The number of aryl methyl sites for hydroxylation is 1. The quantitative estimate of drug-likeness (QED) is 0.649. The largest absolute Gasteiger partial charge is 0.355 e. The highest BCUT2D eigenvalue weighted by Gasteiger charge is 2.33. The third-order valence-electron chi connectivity index (χ3n) is 6.43. The molecule has 5 rings (SSSR count). The predicted molar refractivity (Wildman–Crippen MR) is 122 cm³/mol. The topological polar surface area (TPSA) is 79.8 Å². The van der Waals surface area contributed by atoms with Gasteiger partial charge in [-0.15, -0.1) is 0 Å². The van der Waals surface area contributed by atoms with Gasteiger partial charge in [0.1, 0.15) is 11.6 Å². The number of carbonyl (C=O) groups excluding carboxylic acids is 1. The maximum Gasteiger partial charge on any atom is 0.258 e. The van der Waals surface area contributed by atoms with Crippen molar-refractivity contribution in [2.75, 3.05) is 24.5 Å². The van der Waals surface area contributed by atoms with Crippen LogP contribution in [0.25, 0.3) is 5.65 Å². The average molecular weight is 457 g/mol. The van der Waals surface area contributed by atoms with E-state index in [4.69, 9.17) is 27.4 Å². The minimum Gasteiger partial charge on any atom is -0.355 e. The number of likely N-dealkylation sites (tertiary alicyclic amines) is 1. The molecule has 168 valence electrons. The summed E-state index contributed by atoms with van der Waals surface area (Å²) in [4.78, 5) is 22.0. The maximum atomic E-state index is 14.4. The number of aromatic nitrogens is 3. The maximum absolute atomic E-state index is 14.4. The highest BCUT2D eigenvalue weighted by molar-refractivity contribution is 6.33. The fourth-order valence-electron chi connectivity index (χ4n) is 4.81. The Morgan fingerprint density at radius 1 is 1.25 bits per heavy atom. The summed E-state index contributed by atoms with van der Waals surface area (Å²) in [5.74, 6) is -0.0788. The number of hydrogen-bond donors (Lipinski definition) is 1. The lowest BCUT2D eigenvalue weighted by atomic mass is 9.98. The molecule has 0 radical (unpaired) electrons. The van der Waals surface area contributed by atoms with Gasteiger partial charge in [0.2, 0.25) is 0 Å². The van der Waals surface area contributed by atoms with Crippen LogP contribution in [0.1, 0.15) is 53.3 Å². The fraction of sp³-hybridized carbons (Fsp3) is 0.435. The number of piperidine rings is 1. The summed E-state index contributed by atoms with van der Waals surface area (Å²) in [6.45, 7) is 4.23. The van der Waals surface area contributed by atoms with Crippen LogP contribution >= 0.6 is 11.6 Å². The molecule has 2 aromatic heterocycles. The molecule has 3 aromatic rings. The summed E-state index contributed by atoms with van der Waals surface area (Å²) in [7, 11) is 0. The average Bonchev–Trinajstić information content (AvgIpc) is 3.38. The number of nitrogens with zero attached hydrogens (tertiary/aromatic N) is 5. The second-order valence-corrected chi connectivity index (χ2v) is 9.13. The first-order chi connectivity index (χ1) is 15.4. The van der Waals surface area contributed by atoms with Crippen LogP contribution in [0, 0.1) is 12.7 Å². The van der Waals surface area contributed by atoms with Crippen LogP contribution in [-0.2, 0) is 0 Å². The number of hydrogen-bond acceptors (Lipinski definition) is 5. The second-order valence-electron chi connectivity index (χ2n) is 8.72. The summed E-state index contributed by atoms with van der Waals surface area (Å²) < 4.78 is 16.2. The van der Waals surface area contributed by atoms with Gasteiger partial charge in [0.15, 0.2) is 5.65 Å². The van der Waals surface area contributed by atoms with Gasteiger partial charge >= 0.3 is 0 Å². The van der Waals surface area contributed by atoms with E-state index in [-0.39, 0.29) is 22.7 Å². The zero-order valence-electron chi connectivity index (χ0n) is 18.0. The fourth-order valence-corrected chi connectivity index (χ4v) is 5.05. The smallest absolute Gasteiger partial charge is 0.258 e. The molecule has 2 N–H and O–H groups in total. The second kappa shape index (κ2) is 8.33. The number of halogens is 2. The van der Waals surface area contributed by atoms with Crippen LogP contribution in [0.4, 0.5) is 10.2 Å². The Labute approximate surface area is 191 Å². The monoisotopic (exact) mass is 456 g/mol. The Bertz CT molecular complexity index is 1160. The number of anilines is 1. The van der Waals surface area contributed by atoms with Gasteiger partial charge in [-0.3, -0.25) is 4.79 Å². The van der Waals surface area contributed by atoms with E-state index in [0.717, 1.165) is 61.5 Å². The Balaban J connectivity index is 1.49. The van der Waals surface area contributed by atoms with E-state index in [1.807, 2.05) is 19.2 Å². The van der Waals surface area contributed by atoms with Crippen molar-refractivity contribution in [3.8, 4) is 0 Å². The zero-order chi connectivity index (χ0) is 22.4. The van der Waals surface area contributed by atoms with Gasteiger partial charge in [0, 0.05) is 43.5 Å². The standard InChI is InChI=1S/C23H26ClFN6O/c1-14-12-31-20(27-22(14)29-10-8-15(26)13-29)11-18(28-31)19-7-2-3-9-30(19)23(32)21-16(24)5-4-6-17(21)25/h4-6,11-12,15,19H,2-3,7-10,13,26H2,1H3. The summed E-state index contributed by atoms with van der Waals surface area (Å²) in [5.41, 5.74) is 8.51. The van der Waals surface area contributed by atoms with Gasteiger partial charge in [-0.2, -0.15) is 5.10 Å². The molecule has 9 heteroatoms. The van der Waals surface area contributed by atoms with Crippen molar-refractivity contribution in [2.45, 2.75) is 44.7 Å². The molecule has 0 bridgehead atoms. The lowest BCUT2D eigenvalue weighted by molar-refractivity contribution is 0.0601.